The molecular weight excluding hydrogens is 437 g/mol. The molecule has 0 saturated carbocycles. The van der Waals surface area contributed by atoms with Gasteiger partial charge >= 0.3 is 0 Å². The molecule has 0 bridgehead atoms. The summed E-state index contributed by atoms with van der Waals surface area (Å²) in [5.41, 5.74) is 9.29. The number of aromatic nitrogens is 2. The average molecular weight is 457 g/mol. The summed E-state index contributed by atoms with van der Waals surface area (Å²) in [7, 11) is 0. The molecule has 0 spiro atoms. The molecule has 1 aliphatic heterocycles. The Morgan fingerprint density at radius 2 is 1.96 bits per heavy atom. The van der Waals surface area contributed by atoms with Crippen molar-refractivity contribution < 1.29 is 0 Å². The van der Waals surface area contributed by atoms with E-state index in [0.717, 1.165) is 39.1 Å². The second kappa shape index (κ2) is 8.29. The van der Waals surface area contributed by atoms with E-state index in [4.69, 9.17) is 10.7 Å². The van der Waals surface area contributed by atoms with Crippen LogP contribution in [0.15, 0.2) is 46.9 Å². The maximum atomic E-state index is 6.12. The molecule has 2 heterocycles. The SMILES string of the molecule is C[C@@H]1CNc2cc(Br)ccc2N1Cc1nc(N)c2ccccc2n1.Cl.Cl. The number of nitrogens with one attached hydrogen (secondary N) is 1. The molecule has 0 radical (unpaired) electrons. The summed E-state index contributed by atoms with van der Waals surface area (Å²) in [6.07, 6.45) is 0. The van der Waals surface area contributed by atoms with Gasteiger partial charge in [-0.25, -0.2) is 9.97 Å². The first-order chi connectivity index (χ1) is 11.6. The van der Waals surface area contributed by atoms with Crippen LogP contribution in [0.1, 0.15) is 12.7 Å². The Kier molecular flexibility index (Phi) is 6.55. The van der Waals surface area contributed by atoms with Gasteiger partial charge in [-0.15, -0.1) is 24.8 Å². The summed E-state index contributed by atoms with van der Waals surface area (Å²) in [5.74, 6) is 1.28. The van der Waals surface area contributed by atoms with Gasteiger partial charge in [-0.1, -0.05) is 28.1 Å². The minimum atomic E-state index is 0. The van der Waals surface area contributed by atoms with Gasteiger partial charge in [0.05, 0.1) is 23.4 Å². The Morgan fingerprint density at radius 1 is 1.19 bits per heavy atom. The van der Waals surface area contributed by atoms with Crippen LogP contribution in [0.25, 0.3) is 10.9 Å². The maximum absolute atomic E-state index is 6.12. The van der Waals surface area contributed by atoms with Crippen LogP contribution >= 0.6 is 40.7 Å². The van der Waals surface area contributed by atoms with E-state index in [0.29, 0.717) is 18.4 Å². The van der Waals surface area contributed by atoms with E-state index in [-0.39, 0.29) is 24.8 Å². The van der Waals surface area contributed by atoms with Gasteiger partial charge in [-0.2, -0.15) is 0 Å². The van der Waals surface area contributed by atoms with E-state index >= 15 is 0 Å². The predicted octanol–water partition coefficient (Wildman–Crippen LogP) is 4.64. The molecule has 1 atom stereocenters. The van der Waals surface area contributed by atoms with Crippen molar-refractivity contribution in [3.63, 3.8) is 0 Å². The molecule has 0 saturated heterocycles. The van der Waals surface area contributed by atoms with Crippen LogP contribution in [0.5, 0.6) is 0 Å². The smallest absolute Gasteiger partial charge is 0.150 e. The molecule has 8 heteroatoms. The zero-order chi connectivity index (χ0) is 16.7. The Hall–Kier alpha value is -1.76. The van der Waals surface area contributed by atoms with Gasteiger partial charge in [0.2, 0.25) is 0 Å². The van der Waals surface area contributed by atoms with Gasteiger partial charge in [0.25, 0.3) is 0 Å². The quantitative estimate of drug-likeness (QED) is 0.587. The van der Waals surface area contributed by atoms with Crippen molar-refractivity contribution >= 4 is 68.8 Å². The van der Waals surface area contributed by atoms with Crippen molar-refractivity contribution in [1.82, 2.24) is 9.97 Å². The van der Waals surface area contributed by atoms with Crippen molar-refractivity contribution in [3.05, 3.63) is 52.8 Å². The van der Waals surface area contributed by atoms with E-state index in [1.54, 1.807) is 0 Å². The highest BCUT2D eigenvalue weighted by atomic mass is 79.9. The van der Waals surface area contributed by atoms with Gasteiger partial charge in [-0.3, -0.25) is 0 Å². The molecule has 3 aromatic rings. The summed E-state index contributed by atoms with van der Waals surface area (Å²) in [4.78, 5) is 11.5. The number of hydrogen-bond acceptors (Lipinski definition) is 5. The van der Waals surface area contributed by atoms with Crippen LogP contribution in [0, 0.1) is 0 Å². The summed E-state index contributed by atoms with van der Waals surface area (Å²) in [5, 5.41) is 4.37. The standard InChI is InChI=1S/C18H18BrN5.2ClH/c1-11-9-21-15-8-12(19)6-7-16(15)24(11)10-17-22-14-5-3-2-4-13(14)18(20)23-17;;/h2-8,11,21H,9-10H2,1H3,(H2,20,22,23);2*1H/t11-;;/m1../s1. The molecule has 1 aromatic heterocycles. The molecule has 0 unspecified atom stereocenters. The first kappa shape index (κ1) is 20.6. The van der Waals surface area contributed by atoms with Crippen molar-refractivity contribution in [2.24, 2.45) is 0 Å². The molecule has 3 N–H and O–H groups in total. The van der Waals surface area contributed by atoms with Crippen LogP contribution in [-0.2, 0) is 6.54 Å². The van der Waals surface area contributed by atoms with Crippen molar-refractivity contribution in [1.29, 1.82) is 0 Å². The summed E-state index contributed by atoms with van der Waals surface area (Å²) in [6.45, 7) is 3.71. The highest BCUT2D eigenvalue weighted by Gasteiger charge is 2.24. The number of rotatable bonds is 2. The number of nitrogen functional groups attached to an aromatic ring is 1. The second-order valence-corrected chi connectivity index (χ2v) is 6.98. The largest absolute Gasteiger partial charge is 0.383 e. The lowest BCUT2D eigenvalue weighted by Gasteiger charge is -2.37. The van der Waals surface area contributed by atoms with Gasteiger partial charge in [0, 0.05) is 22.4 Å². The summed E-state index contributed by atoms with van der Waals surface area (Å²) >= 11 is 3.53. The first-order valence-electron chi connectivity index (χ1n) is 7.93. The summed E-state index contributed by atoms with van der Waals surface area (Å²) < 4.78 is 1.06. The lowest BCUT2D eigenvalue weighted by molar-refractivity contribution is 0.628. The predicted molar refractivity (Wildman–Crippen MR) is 117 cm³/mol. The fraction of sp³-hybridized carbons (Fsp3) is 0.222. The number of benzene rings is 2. The Morgan fingerprint density at radius 3 is 2.77 bits per heavy atom. The Balaban J connectivity index is 0.00000121. The molecule has 0 amide bonds. The lowest BCUT2D eigenvalue weighted by atomic mass is 10.1. The second-order valence-electron chi connectivity index (χ2n) is 6.06. The Labute approximate surface area is 173 Å². The monoisotopic (exact) mass is 455 g/mol. The van der Waals surface area contributed by atoms with Crippen molar-refractivity contribution in [3.8, 4) is 0 Å². The van der Waals surface area contributed by atoms with Crippen LogP contribution in [-0.4, -0.2) is 22.6 Å². The van der Waals surface area contributed by atoms with Crippen LogP contribution in [0.4, 0.5) is 17.2 Å². The molecule has 2 aromatic carbocycles. The molecule has 0 fully saturated rings. The highest BCUT2D eigenvalue weighted by Crippen LogP contribution is 2.34. The number of hydrogen-bond donors (Lipinski definition) is 2. The number of para-hydroxylation sites is 1. The van der Waals surface area contributed by atoms with E-state index in [2.05, 4.69) is 56.3 Å². The van der Waals surface area contributed by atoms with Crippen LogP contribution in [0.3, 0.4) is 0 Å². The number of anilines is 3. The molecule has 26 heavy (non-hydrogen) atoms. The third kappa shape index (κ3) is 3.82. The highest BCUT2D eigenvalue weighted by molar-refractivity contribution is 9.10. The van der Waals surface area contributed by atoms with E-state index < -0.39 is 0 Å². The molecule has 1 aliphatic rings. The number of nitrogens with two attached hydrogens (primary N) is 1. The molecule has 0 aliphatic carbocycles. The van der Waals surface area contributed by atoms with Gasteiger partial charge in [0.1, 0.15) is 5.82 Å². The molecule has 5 nitrogen and oxygen atoms in total. The Bertz CT molecular complexity index is 921. The lowest BCUT2D eigenvalue weighted by Crippen LogP contribution is -2.42. The van der Waals surface area contributed by atoms with Crippen molar-refractivity contribution in [2.45, 2.75) is 19.5 Å². The number of nitrogens with zero attached hydrogens (tertiary/aromatic N) is 3. The van der Waals surface area contributed by atoms with Gasteiger partial charge < -0.3 is 16.0 Å². The summed E-state index contributed by atoms with van der Waals surface area (Å²) in [6, 6.07) is 14.5. The fourth-order valence-electron chi connectivity index (χ4n) is 3.12. The van der Waals surface area contributed by atoms with Crippen LogP contribution in [0.2, 0.25) is 0 Å². The minimum Gasteiger partial charge on any atom is -0.383 e. The maximum Gasteiger partial charge on any atom is 0.150 e. The van der Waals surface area contributed by atoms with Gasteiger partial charge in [-0.05, 0) is 37.3 Å². The van der Waals surface area contributed by atoms with Crippen molar-refractivity contribution in [2.75, 3.05) is 22.5 Å². The fourth-order valence-corrected chi connectivity index (χ4v) is 3.48. The zero-order valence-corrected chi connectivity index (χ0v) is 17.4. The molecular formula is C18H20BrCl2N5. The van der Waals surface area contributed by atoms with Gasteiger partial charge in [0.15, 0.2) is 5.82 Å². The van der Waals surface area contributed by atoms with E-state index in [1.165, 1.54) is 0 Å². The average Bonchev–Trinajstić information content (AvgIpc) is 2.57. The third-order valence-electron chi connectivity index (χ3n) is 4.38. The normalized spacial score (nSPS) is 15.5. The van der Waals surface area contributed by atoms with Crippen LogP contribution < -0.4 is 16.0 Å². The minimum absolute atomic E-state index is 0. The van der Waals surface area contributed by atoms with E-state index in [9.17, 15) is 0 Å². The molecule has 4 rings (SSSR count). The first-order valence-corrected chi connectivity index (χ1v) is 8.72. The zero-order valence-electron chi connectivity index (χ0n) is 14.1. The number of fused-ring (bicyclic) bond motifs is 2. The van der Waals surface area contributed by atoms with E-state index in [1.807, 2.05) is 24.3 Å². The topological polar surface area (TPSA) is 67.1 Å². The third-order valence-corrected chi connectivity index (χ3v) is 4.87. The molecule has 138 valence electrons. The number of halogens is 3.